The third kappa shape index (κ3) is 1.63. The second-order valence-electron chi connectivity index (χ2n) is 1.90. The topological polar surface area (TPSA) is 72.0 Å². The first-order valence-electron chi connectivity index (χ1n) is 3.14. The molecule has 0 aliphatic rings. The van der Waals surface area contributed by atoms with Crippen molar-refractivity contribution in [3.8, 4) is 0 Å². The van der Waals surface area contributed by atoms with E-state index in [4.69, 9.17) is 9.52 Å². The summed E-state index contributed by atoms with van der Waals surface area (Å²) in [6.07, 6.45) is 1.36. The van der Waals surface area contributed by atoms with Crippen LogP contribution in [0.1, 0.15) is 5.76 Å². The molecule has 1 aromatic heterocycles. The SMILES string of the molecule is CO/N=C(\C(=O)O)c1ccco1. The van der Waals surface area contributed by atoms with Crippen LogP contribution >= 0.6 is 0 Å². The van der Waals surface area contributed by atoms with Crippen LogP contribution < -0.4 is 0 Å². The lowest BCUT2D eigenvalue weighted by molar-refractivity contribution is -0.129. The Morgan fingerprint density at radius 3 is 2.92 bits per heavy atom. The molecule has 0 fully saturated rings. The van der Waals surface area contributed by atoms with Crippen molar-refractivity contribution >= 4 is 11.7 Å². The van der Waals surface area contributed by atoms with Gasteiger partial charge in [-0.2, -0.15) is 0 Å². The second kappa shape index (κ2) is 3.56. The third-order valence-corrected chi connectivity index (χ3v) is 1.14. The van der Waals surface area contributed by atoms with E-state index in [1.54, 1.807) is 6.07 Å². The van der Waals surface area contributed by atoms with Crippen molar-refractivity contribution in [2.45, 2.75) is 0 Å². The van der Waals surface area contributed by atoms with Gasteiger partial charge in [-0.15, -0.1) is 0 Å². The molecule has 1 rings (SSSR count). The molecule has 5 heteroatoms. The average molecular weight is 169 g/mol. The Bertz CT molecular complexity index is 288. The van der Waals surface area contributed by atoms with Crippen LogP contribution in [-0.2, 0) is 9.63 Å². The first-order valence-corrected chi connectivity index (χ1v) is 3.14. The Labute approximate surface area is 68.2 Å². The molecule has 0 saturated carbocycles. The standard InChI is InChI=1S/C7H7NO4/c1-11-8-6(7(9)10)5-3-2-4-12-5/h2-4H,1H3,(H,9,10)/b8-6-. The van der Waals surface area contributed by atoms with Crippen LogP contribution in [0.4, 0.5) is 0 Å². The van der Waals surface area contributed by atoms with Gasteiger partial charge in [0.15, 0.2) is 5.76 Å². The van der Waals surface area contributed by atoms with Gasteiger partial charge in [-0.05, 0) is 12.1 Å². The highest BCUT2D eigenvalue weighted by molar-refractivity contribution is 6.41. The average Bonchev–Trinajstić information content (AvgIpc) is 2.51. The summed E-state index contributed by atoms with van der Waals surface area (Å²) in [5.41, 5.74) is -0.248. The van der Waals surface area contributed by atoms with Gasteiger partial charge in [0.2, 0.25) is 5.71 Å². The van der Waals surface area contributed by atoms with Crippen molar-refractivity contribution in [1.82, 2.24) is 0 Å². The van der Waals surface area contributed by atoms with Crippen LogP contribution in [0.3, 0.4) is 0 Å². The number of oxime groups is 1. The molecule has 64 valence electrons. The zero-order valence-corrected chi connectivity index (χ0v) is 6.35. The normalized spacial score (nSPS) is 11.2. The molecule has 0 unspecified atom stereocenters. The van der Waals surface area contributed by atoms with Crippen LogP contribution in [0.25, 0.3) is 0 Å². The van der Waals surface area contributed by atoms with Gasteiger partial charge >= 0.3 is 5.97 Å². The van der Waals surface area contributed by atoms with E-state index in [9.17, 15) is 4.79 Å². The minimum atomic E-state index is -1.19. The van der Waals surface area contributed by atoms with Crippen molar-refractivity contribution in [3.63, 3.8) is 0 Å². The van der Waals surface area contributed by atoms with Crippen molar-refractivity contribution in [1.29, 1.82) is 0 Å². The second-order valence-corrected chi connectivity index (χ2v) is 1.90. The van der Waals surface area contributed by atoms with Gasteiger partial charge in [0.05, 0.1) is 6.26 Å². The van der Waals surface area contributed by atoms with Crippen LogP contribution in [-0.4, -0.2) is 23.9 Å². The molecule has 1 aromatic rings. The van der Waals surface area contributed by atoms with Crippen LogP contribution in [0.5, 0.6) is 0 Å². The zero-order chi connectivity index (χ0) is 8.97. The Kier molecular flexibility index (Phi) is 2.47. The Balaban J connectivity index is 2.96. The number of hydrogen-bond donors (Lipinski definition) is 1. The van der Waals surface area contributed by atoms with Crippen molar-refractivity contribution in [2.24, 2.45) is 5.16 Å². The van der Waals surface area contributed by atoms with Gasteiger partial charge in [0.25, 0.3) is 0 Å². The summed E-state index contributed by atoms with van der Waals surface area (Å²) in [7, 11) is 1.27. The summed E-state index contributed by atoms with van der Waals surface area (Å²) in [5.74, 6) is -1.02. The summed E-state index contributed by atoms with van der Waals surface area (Å²) >= 11 is 0. The first-order chi connectivity index (χ1) is 5.75. The van der Waals surface area contributed by atoms with Gasteiger partial charge in [0, 0.05) is 0 Å². The number of carbonyl (C=O) groups is 1. The smallest absolute Gasteiger partial charge is 0.361 e. The summed E-state index contributed by atoms with van der Waals surface area (Å²) in [5, 5.41) is 11.9. The molecule has 1 N–H and O–H groups in total. The number of hydrogen-bond acceptors (Lipinski definition) is 4. The van der Waals surface area contributed by atoms with Crippen LogP contribution in [0.15, 0.2) is 28.0 Å². The number of nitrogens with zero attached hydrogens (tertiary/aromatic N) is 1. The van der Waals surface area contributed by atoms with Gasteiger partial charge in [-0.1, -0.05) is 5.16 Å². The Hall–Kier alpha value is -1.78. The maximum absolute atomic E-state index is 10.5. The van der Waals surface area contributed by atoms with E-state index in [1.165, 1.54) is 19.4 Å². The van der Waals surface area contributed by atoms with E-state index < -0.39 is 5.97 Å². The van der Waals surface area contributed by atoms with Gasteiger partial charge in [-0.3, -0.25) is 0 Å². The highest BCUT2D eigenvalue weighted by atomic mass is 16.6. The van der Waals surface area contributed by atoms with Crippen molar-refractivity contribution in [3.05, 3.63) is 24.2 Å². The summed E-state index contributed by atoms with van der Waals surface area (Å²) in [6, 6.07) is 3.06. The summed E-state index contributed by atoms with van der Waals surface area (Å²) in [6.45, 7) is 0. The summed E-state index contributed by atoms with van der Waals surface area (Å²) in [4.78, 5) is 14.9. The fourth-order valence-corrected chi connectivity index (χ4v) is 0.694. The predicted molar refractivity (Wildman–Crippen MR) is 39.9 cm³/mol. The lowest BCUT2D eigenvalue weighted by Crippen LogP contribution is -2.13. The first kappa shape index (κ1) is 8.32. The van der Waals surface area contributed by atoms with Crippen molar-refractivity contribution < 1.29 is 19.2 Å². The van der Waals surface area contributed by atoms with Crippen LogP contribution in [0.2, 0.25) is 0 Å². The highest BCUT2D eigenvalue weighted by Crippen LogP contribution is 2.02. The minimum absolute atomic E-state index is 0.171. The molecule has 5 nitrogen and oxygen atoms in total. The molecule has 1 heterocycles. The lowest BCUT2D eigenvalue weighted by Gasteiger charge is -1.94. The van der Waals surface area contributed by atoms with E-state index in [-0.39, 0.29) is 11.5 Å². The van der Waals surface area contributed by atoms with E-state index in [0.29, 0.717) is 0 Å². The monoisotopic (exact) mass is 169 g/mol. The molecule has 0 saturated heterocycles. The molecule has 0 aliphatic heterocycles. The van der Waals surface area contributed by atoms with E-state index in [1.807, 2.05) is 0 Å². The fraction of sp³-hybridized carbons (Fsp3) is 0.143. The van der Waals surface area contributed by atoms with E-state index >= 15 is 0 Å². The largest absolute Gasteiger partial charge is 0.476 e. The lowest BCUT2D eigenvalue weighted by atomic mass is 10.3. The Morgan fingerprint density at radius 1 is 1.75 bits per heavy atom. The molecule has 0 aliphatic carbocycles. The number of furan rings is 1. The molecular formula is C7H7NO4. The van der Waals surface area contributed by atoms with Crippen molar-refractivity contribution in [2.75, 3.05) is 7.11 Å². The number of aliphatic carboxylic acids is 1. The van der Waals surface area contributed by atoms with Gasteiger partial charge < -0.3 is 14.4 Å². The van der Waals surface area contributed by atoms with Gasteiger partial charge in [0.1, 0.15) is 7.11 Å². The van der Waals surface area contributed by atoms with Gasteiger partial charge in [-0.25, -0.2) is 4.79 Å². The number of rotatable bonds is 3. The molecule has 0 bridgehead atoms. The van der Waals surface area contributed by atoms with Crippen LogP contribution in [0, 0.1) is 0 Å². The molecule has 0 atom stereocenters. The summed E-state index contributed by atoms with van der Waals surface area (Å²) < 4.78 is 4.82. The van der Waals surface area contributed by atoms with E-state index in [0.717, 1.165) is 0 Å². The molecule has 0 radical (unpaired) electrons. The Morgan fingerprint density at radius 2 is 2.50 bits per heavy atom. The number of carboxylic acids is 1. The number of carboxylic acid groups (broad SMARTS) is 1. The molecule has 0 amide bonds. The fourth-order valence-electron chi connectivity index (χ4n) is 0.694. The molecule has 0 spiro atoms. The minimum Gasteiger partial charge on any atom is -0.476 e. The maximum Gasteiger partial charge on any atom is 0.361 e. The molecule has 12 heavy (non-hydrogen) atoms. The van der Waals surface area contributed by atoms with E-state index in [2.05, 4.69) is 9.99 Å². The highest BCUT2D eigenvalue weighted by Gasteiger charge is 2.15. The quantitative estimate of drug-likeness (QED) is 0.534. The molecular weight excluding hydrogens is 162 g/mol. The zero-order valence-electron chi connectivity index (χ0n) is 6.35. The third-order valence-electron chi connectivity index (χ3n) is 1.14. The maximum atomic E-state index is 10.5. The molecule has 0 aromatic carbocycles. The predicted octanol–water partition coefficient (Wildman–Crippen LogP) is 0.715.